The zero-order chi connectivity index (χ0) is 21.7. The zero-order valence-corrected chi connectivity index (χ0v) is 17.6. The minimum absolute atomic E-state index is 0.0545. The van der Waals surface area contributed by atoms with Gasteiger partial charge >= 0.3 is 0 Å². The van der Waals surface area contributed by atoms with Gasteiger partial charge in [0.15, 0.2) is 0 Å². The smallest absolute Gasteiger partial charge is 0.256 e. The first-order valence-corrected chi connectivity index (χ1v) is 11.3. The van der Waals surface area contributed by atoms with Crippen molar-refractivity contribution in [2.24, 2.45) is 5.41 Å². The van der Waals surface area contributed by atoms with Gasteiger partial charge in [0.1, 0.15) is 10.8 Å². The van der Waals surface area contributed by atoms with E-state index in [2.05, 4.69) is 15.8 Å². The Balaban J connectivity index is 1.40. The first-order chi connectivity index (χ1) is 14.1. The molecule has 1 saturated heterocycles. The van der Waals surface area contributed by atoms with Crippen molar-refractivity contribution < 1.29 is 17.6 Å². The number of likely N-dealkylation sites (tertiary alicyclic amines) is 1. The van der Waals surface area contributed by atoms with Gasteiger partial charge in [0.2, 0.25) is 0 Å². The highest BCUT2D eigenvalue weighted by Gasteiger charge is 2.42. The summed E-state index contributed by atoms with van der Waals surface area (Å²) in [5, 5.41) is 9.04. The molecule has 1 aliphatic heterocycles. The average Bonchev–Trinajstić information content (AvgIpc) is 3.04. The van der Waals surface area contributed by atoms with E-state index in [1.54, 1.807) is 24.8 Å². The molecule has 2 N–H and O–H groups in total. The van der Waals surface area contributed by atoms with Crippen molar-refractivity contribution >= 4 is 15.9 Å². The first kappa shape index (κ1) is 20.6. The molecule has 2 aromatic rings. The predicted octanol–water partition coefficient (Wildman–Crippen LogP) is 2.67. The number of nitrogens with one attached hydrogen (secondary N) is 2. The number of H-pyrrole nitrogens is 1. The lowest BCUT2D eigenvalue weighted by molar-refractivity contribution is 0.0368. The van der Waals surface area contributed by atoms with Crippen LogP contribution in [0.2, 0.25) is 0 Å². The minimum atomic E-state index is -3.81. The second-order valence-electron chi connectivity index (χ2n) is 8.55. The molecule has 1 aromatic carbocycles. The van der Waals surface area contributed by atoms with E-state index in [9.17, 15) is 17.6 Å². The third kappa shape index (κ3) is 3.73. The molecule has 0 radical (unpaired) electrons. The molecule has 0 spiro atoms. The Morgan fingerprint density at radius 3 is 2.67 bits per heavy atom. The Hall–Kier alpha value is -2.70. The van der Waals surface area contributed by atoms with Gasteiger partial charge in [-0.15, -0.1) is 0 Å². The summed E-state index contributed by atoms with van der Waals surface area (Å²) in [6.07, 6.45) is 1.18. The van der Waals surface area contributed by atoms with Crippen molar-refractivity contribution in [1.82, 2.24) is 14.6 Å². The minimum Gasteiger partial charge on any atom is -0.348 e. The second kappa shape index (κ2) is 7.22. The van der Waals surface area contributed by atoms with Crippen molar-refractivity contribution in [3.63, 3.8) is 0 Å². The van der Waals surface area contributed by atoms with Crippen LogP contribution in [0.15, 0.2) is 35.4 Å². The molecule has 7 nitrogen and oxygen atoms in total. The van der Waals surface area contributed by atoms with Crippen molar-refractivity contribution in [3.05, 3.63) is 53.0 Å². The van der Waals surface area contributed by atoms with Gasteiger partial charge < -0.3 is 9.88 Å². The number of sulfonamides is 1. The van der Waals surface area contributed by atoms with Crippen molar-refractivity contribution in [1.29, 1.82) is 5.26 Å². The number of hydrogen-bond acceptors (Lipinski definition) is 4. The van der Waals surface area contributed by atoms with E-state index < -0.39 is 15.4 Å². The number of rotatable bonds is 5. The number of nitrogens with zero attached hydrogens (tertiary/aromatic N) is 2. The highest BCUT2D eigenvalue weighted by atomic mass is 32.2. The molecule has 4 rings (SSSR count). The van der Waals surface area contributed by atoms with Crippen LogP contribution in [0.3, 0.4) is 0 Å². The van der Waals surface area contributed by atoms with Crippen LogP contribution in [0.4, 0.5) is 4.39 Å². The van der Waals surface area contributed by atoms with E-state index in [1.165, 1.54) is 18.2 Å². The molecule has 0 bridgehead atoms. The van der Waals surface area contributed by atoms with Crippen LogP contribution < -0.4 is 4.72 Å². The maximum atomic E-state index is 13.4. The lowest BCUT2D eigenvalue weighted by atomic mass is 9.76. The number of benzene rings is 1. The lowest BCUT2D eigenvalue weighted by Gasteiger charge is -2.43. The molecule has 9 heteroatoms. The van der Waals surface area contributed by atoms with Gasteiger partial charge in [-0.05, 0) is 56.4 Å². The molecule has 0 atom stereocenters. The van der Waals surface area contributed by atoms with Crippen molar-refractivity contribution in [2.75, 3.05) is 13.1 Å². The molecule has 158 valence electrons. The number of hydrogen-bond donors (Lipinski definition) is 2. The standard InChI is InChI=1S/C21H23FN4O3S/c1-13-18(20(27)26-11-21(2,10-23)12-26)9-19(24-13)30(28,29)25-17-7-15(8-17)14-4-3-5-16(22)6-14/h3-6,9,15,17,24-25H,7-8,11-12H2,1-2H3. The number of aryl methyl sites for hydroxylation is 1. The quantitative estimate of drug-likeness (QED) is 0.761. The molecular weight excluding hydrogens is 407 g/mol. The molecule has 1 aliphatic carbocycles. The molecular formula is C21H23FN4O3S. The maximum absolute atomic E-state index is 13.4. The monoisotopic (exact) mass is 430 g/mol. The summed E-state index contributed by atoms with van der Waals surface area (Å²) in [5.74, 6) is -0.461. The molecule has 30 heavy (non-hydrogen) atoms. The van der Waals surface area contributed by atoms with Crippen LogP contribution in [0, 0.1) is 29.5 Å². The summed E-state index contributed by atoms with van der Waals surface area (Å²) >= 11 is 0. The van der Waals surface area contributed by atoms with E-state index in [0.717, 1.165) is 5.56 Å². The number of nitriles is 1. The second-order valence-corrected chi connectivity index (χ2v) is 10.2. The Labute approximate surface area is 174 Å². The van der Waals surface area contributed by atoms with E-state index >= 15 is 0 Å². The van der Waals surface area contributed by atoms with E-state index in [0.29, 0.717) is 37.2 Å². The van der Waals surface area contributed by atoms with Crippen LogP contribution in [0.1, 0.15) is 47.3 Å². The summed E-state index contributed by atoms with van der Waals surface area (Å²) in [7, 11) is -3.81. The highest BCUT2D eigenvalue weighted by molar-refractivity contribution is 7.89. The van der Waals surface area contributed by atoms with Crippen LogP contribution >= 0.6 is 0 Å². The maximum Gasteiger partial charge on any atom is 0.256 e. The van der Waals surface area contributed by atoms with Gasteiger partial charge in [0.25, 0.3) is 15.9 Å². The molecule has 0 unspecified atom stereocenters. The molecule has 2 aliphatic rings. The van der Waals surface area contributed by atoms with Gasteiger partial charge in [-0.3, -0.25) is 4.79 Å². The van der Waals surface area contributed by atoms with Gasteiger partial charge in [-0.2, -0.15) is 5.26 Å². The third-order valence-corrected chi connectivity index (χ3v) is 7.37. The zero-order valence-electron chi connectivity index (χ0n) is 16.8. The van der Waals surface area contributed by atoms with E-state index in [-0.39, 0.29) is 28.7 Å². The van der Waals surface area contributed by atoms with Crippen molar-refractivity contribution in [2.45, 2.75) is 43.7 Å². The number of aromatic nitrogens is 1. The van der Waals surface area contributed by atoms with Crippen LogP contribution in [0.5, 0.6) is 0 Å². The first-order valence-electron chi connectivity index (χ1n) is 9.78. The van der Waals surface area contributed by atoms with Crippen molar-refractivity contribution in [3.8, 4) is 6.07 Å². The lowest BCUT2D eigenvalue weighted by Crippen LogP contribution is -2.56. The summed E-state index contributed by atoms with van der Waals surface area (Å²) < 4.78 is 41.5. The van der Waals surface area contributed by atoms with Gasteiger partial charge in [-0.1, -0.05) is 12.1 Å². The molecule has 1 aromatic heterocycles. The summed E-state index contributed by atoms with van der Waals surface area (Å²) in [6, 6.07) is 9.66. The number of aromatic amines is 1. The Bertz CT molecular complexity index is 1140. The third-order valence-electron chi connectivity index (χ3n) is 5.93. The van der Waals surface area contributed by atoms with Crippen LogP contribution in [0.25, 0.3) is 0 Å². The molecule has 1 amide bonds. The number of carbonyl (C=O) groups excluding carboxylic acids is 1. The van der Waals surface area contributed by atoms with E-state index in [4.69, 9.17) is 5.26 Å². The van der Waals surface area contributed by atoms with Gasteiger partial charge in [0.05, 0.1) is 17.0 Å². The Morgan fingerprint density at radius 2 is 2.03 bits per heavy atom. The number of amides is 1. The molecule has 2 fully saturated rings. The molecule has 2 heterocycles. The topological polar surface area (TPSA) is 106 Å². The summed E-state index contributed by atoms with van der Waals surface area (Å²) in [5.41, 5.74) is 1.09. The Morgan fingerprint density at radius 1 is 1.33 bits per heavy atom. The number of carbonyl (C=O) groups is 1. The van der Waals surface area contributed by atoms with Gasteiger partial charge in [0, 0.05) is 24.8 Å². The highest BCUT2D eigenvalue weighted by Crippen LogP contribution is 2.38. The summed E-state index contributed by atoms with van der Waals surface area (Å²) in [4.78, 5) is 17.0. The average molecular weight is 431 g/mol. The summed E-state index contributed by atoms with van der Waals surface area (Å²) in [6.45, 7) is 4.10. The fourth-order valence-electron chi connectivity index (χ4n) is 4.10. The largest absolute Gasteiger partial charge is 0.348 e. The Kier molecular flexibility index (Phi) is 4.95. The van der Waals surface area contributed by atoms with Crippen LogP contribution in [-0.4, -0.2) is 43.3 Å². The normalized spacial score (nSPS) is 22.7. The fraction of sp³-hybridized carbons (Fsp3) is 0.429. The SMILES string of the molecule is Cc1[nH]c(S(=O)(=O)NC2CC(c3cccc(F)c3)C2)cc1C(=O)N1CC(C)(C#N)C1. The van der Waals surface area contributed by atoms with Gasteiger partial charge in [-0.25, -0.2) is 17.5 Å². The predicted molar refractivity (Wildman–Crippen MR) is 108 cm³/mol. The van der Waals surface area contributed by atoms with E-state index in [1.807, 2.05) is 6.07 Å². The van der Waals surface area contributed by atoms with Crippen LogP contribution in [-0.2, 0) is 10.0 Å². The molecule has 1 saturated carbocycles. The fourth-order valence-corrected chi connectivity index (χ4v) is 5.42. The number of halogens is 1.